The SMILES string of the molecule is Cn1c(CO)cnc1C1CCCC1. The molecule has 1 aromatic rings. The van der Waals surface area contributed by atoms with E-state index in [-0.39, 0.29) is 6.61 Å². The highest BCUT2D eigenvalue weighted by atomic mass is 16.3. The van der Waals surface area contributed by atoms with Crippen LogP contribution in [0.5, 0.6) is 0 Å². The molecule has 0 unspecified atom stereocenters. The third kappa shape index (κ3) is 1.48. The Morgan fingerprint density at radius 2 is 2.23 bits per heavy atom. The first kappa shape index (κ1) is 8.75. The van der Waals surface area contributed by atoms with Gasteiger partial charge in [-0.15, -0.1) is 0 Å². The van der Waals surface area contributed by atoms with Crippen LogP contribution in [0.15, 0.2) is 6.20 Å². The minimum absolute atomic E-state index is 0.0935. The second-order valence-electron chi connectivity index (χ2n) is 3.81. The van der Waals surface area contributed by atoms with Gasteiger partial charge in [-0.1, -0.05) is 12.8 Å². The van der Waals surface area contributed by atoms with Crippen molar-refractivity contribution in [3.63, 3.8) is 0 Å². The fourth-order valence-corrected chi connectivity index (χ4v) is 2.17. The quantitative estimate of drug-likeness (QED) is 0.750. The van der Waals surface area contributed by atoms with E-state index in [0.29, 0.717) is 5.92 Å². The number of aromatic nitrogens is 2. The highest BCUT2D eigenvalue weighted by Gasteiger charge is 2.21. The maximum absolute atomic E-state index is 9.01. The average Bonchev–Trinajstić information content (AvgIpc) is 2.72. The maximum atomic E-state index is 9.01. The van der Waals surface area contributed by atoms with Gasteiger partial charge in [0.1, 0.15) is 5.82 Å². The van der Waals surface area contributed by atoms with Crippen LogP contribution in [0.25, 0.3) is 0 Å². The summed E-state index contributed by atoms with van der Waals surface area (Å²) in [4.78, 5) is 4.37. The second-order valence-corrected chi connectivity index (χ2v) is 3.81. The van der Waals surface area contributed by atoms with Crippen molar-refractivity contribution in [1.82, 2.24) is 9.55 Å². The van der Waals surface area contributed by atoms with Gasteiger partial charge in [-0.3, -0.25) is 0 Å². The highest BCUT2D eigenvalue weighted by Crippen LogP contribution is 2.33. The smallest absolute Gasteiger partial charge is 0.111 e. The molecule has 1 aromatic heterocycles. The molecule has 0 radical (unpaired) electrons. The number of hydrogen-bond acceptors (Lipinski definition) is 2. The summed E-state index contributed by atoms with van der Waals surface area (Å²) in [6.45, 7) is 0.0935. The van der Waals surface area contributed by atoms with Crippen LogP contribution >= 0.6 is 0 Å². The zero-order valence-electron chi connectivity index (χ0n) is 8.03. The molecule has 1 aliphatic rings. The zero-order chi connectivity index (χ0) is 9.26. The van der Waals surface area contributed by atoms with Gasteiger partial charge < -0.3 is 9.67 Å². The Hall–Kier alpha value is -0.830. The van der Waals surface area contributed by atoms with E-state index in [4.69, 9.17) is 5.11 Å². The van der Waals surface area contributed by atoms with Gasteiger partial charge in [0, 0.05) is 13.0 Å². The van der Waals surface area contributed by atoms with Gasteiger partial charge >= 0.3 is 0 Å². The molecular weight excluding hydrogens is 164 g/mol. The van der Waals surface area contributed by atoms with Gasteiger partial charge in [0.05, 0.1) is 18.5 Å². The van der Waals surface area contributed by atoms with E-state index in [9.17, 15) is 0 Å². The maximum Gasteiger partial charge on any atom is 0.111 e. The van der Waals surface area contributed by atoms with Gasteiger partial charge in [-0.25, -0.2) is 4.98 Å². The van der Waals surface area contributed by atoms with E-state index in [1.165, 1.54) is 25.7 Å². The predicted octanol–water partition coefficient (Wildman–Crippen LogP) is 1.57. The van der Waals surface area contributed by atoms with E-state index in [1.54, 1.807) is 6.20 Å². The van der Waals surface area contributed by atoms with Crippen LogP contribution < -0.4 is 0 Å². The molecule has 0 aliphatic heterocycles. The molecule has 3 heteroatoms. The summed E-state index contributed by atoms with van der Waals surface area (Å²) in [6, 6.07) is 0. The monoisotopic (exact) mass is 180 g/mol. The van der Waals surface area contributed by atoms with E-state index in [2.05, 4.69) is 4.98 Å². The molecular formula is C10H16N2O. The van der Waals surface area contributed by atoms with Crippen molar-refractivity contribution in [3.05, 3.63) is 17.7 Å². The van der Waals surface area contributed by atoms with Crippen molar-refractivity contribution < 1.29 is 5.11 Å². The third-order valence-corrected chi connectivity index (χ3v) is 3.00. The number of hydrogen-bond donors (Lipinski definition) is 1. The molecule has 1 fully saturated rings. The third-order valence-electron chi connectivity index (χ3n) is 3.00. The topological polar surface area (TPSA) is 38.0 Å². The summed E-state index contributed by atoms with van der Waals surface area (Å²) in [5.41, 5.74) is 0.918. The van der Waals surface area contributed by atoms with E-state index in [0.717, 1.165) is 11.5 Å². The first-order chi connectivity index (χ1) is 6.33. The van der Waals surface area contributed by atoms with E-state index in [1.807, 2.05) is 11.6 Å². The van der Waals surface area contributed by atoms with Crippen LogP contribution in [0.3, 0.4) is 0 Å². The largest absolute Gasteiger partial charge is 0.390 e. The zero-order valence-corrected chi connectivity index (χ0v) is 8.03. The van der Waals surface area contributed by atoms with Crippen molar-refractivity contribution >= 4 is 0 Å². The van der Waals surface area contributed by atoms with Crippen LogP contribution in [0, 0.1) is 0 Å². The lowest BCUT2D eigenvalue weighted by Crippen LogP contribution is -2.05. The first-order valence-corrected chi connectivity index (χ1v) is 4.94. The number of rotatable bonds is 2. The first-order valence-electron chi connectivity index (χ1n) is 4.94. The van der Waals surface area contributed by atoms with Gasteiger partial charge in [0.2, 0.25) is 0 Å². The predicted molar refractivity (Wildman–Crippen MR) is 50.3 cm³/mol. The second kappa shape index (κ2) is 3.50. The molecule has 0 bridgehead atoms. The van der Waals surface area contributed by atoms with Crippen molar-refractivity contribution in [2.24, 2.45) is 7.05 Å². The van der Waals surface area contributed by atoms with Gasteiger partial charge in [0.25, 0.3) is 0 Å². The van der Waals surface area contributed by atoms with Crippen molar-refractivity contribution in [2.75, 3.05) is 0 Å². The van der Waals surface area contributed by atoms with E-state index < -0.39 is 0 Å². The molecule has 3 nitrogen and oxygen atoms in total. The van der Waals surface area contributed by atoms with E-state index >= 15 is 0 Å². The number of imidazole rings is 1. The Bertz CT molecular complexity index is 287. The highest BCUT2D eigenvalue weighted by molar-refractivity contribution is 5.09. The van der Waals surface area contributed by atoms with Crippen molar-refractivity contribution in [2.45, 2.75) is 38.2 Å². The summed E-state index contributed by atoms with van der Waals surface area (Å²) >= 11 is 0. The van der Waals surface area contributed by atoms with Crippen molar-refractivity contribution in [1.29, 1.82) is 0 Å². The summed E-state index contributed by atoms with van der Waals surface area (Å²) in [5, 5.41) is 9.01. The lowest BCUT2D eigenvalue weighted by atomic mass is 10.1. The molecule has 2 rings (SSSR count). The Labute approximate surface area is 78.4 Å². The van der Waals surface area contributed by atoms with Crippen LogP contribution in [-0.4, -0.2) is 14.7 Å². The summed E-state index contributed by atoms with van der Waals surface area (Å²) in [6.07, 6.45) is 6.96. The van der Waals surface area contributed by atoms with Crippen LogP contribution in [0.1, 0.15) is 43.1 Å². The normalized spacial score (nSPS) is 18.3. The molecule has 0 amide bonds. The van der Waals surface area contributed by atoms with Crippen LogP contribution in [-0.2, 0) is 13.7 Å². The molecule has 0 spiro atoms. The Morgan fingerprint density at radius 1 is 1.54 bits per heavy atom. The fourth-order valence-electron chi connectivity index (χ4n) is 2.17. The Balaban J connectivity index is 2.24. The molecule has 0 atom stereocenters. The minimum atomic E-state index is 0.0935. The summed E-state index contributed by atoms with van der Waals surface area (Å²) in [7, 11) is 1.99. The van der Waals surface area contributed by atoms with Crippen molar-refractivity contribution in [3.8, 4) is 0 Å². The van der Waals surface area contributed by atoms with Gasteiger partial charge in [-0.2, -0.15) is 0 Å². The Morgan fingerprint density at radius 3 is 2.77 bits per heavy atom. The number of aliphatic hydroxyl groups excluding tert-OH is 1. The standard InChI is InChI=1S/C10H16N2O/c1-12-9(7-13)6-11-10(12)8-4-2-3-5-8/h6,8,13H,2-5,7H2,1H3. The van der Waals surface area contributed by atoms with Crippen LogP contribution in [0.2, 0.25) is 0 Å². The van der Waals surface area contributed by atoms with Gasteiger partial charge in [0.15, 0.2) is 0 Å². The molecule has 13 heavy (non-hydrogen) atoms. The molecule has 1 N–H and O–H groups in total. The number of nitrogens with zero attached hydrogens (tertiary/aromatic N) is 2. The minimum Gasteiger partial charge on any atom is -0.390 e. The lowest BCUT2D eigenvalue weighted by molar-refractivity contribution is 0.272. The molecule has 1 saturated carbocycles. The molecule has 72 valence electrons. The van der Waals surface area contributed by atoms with Crippen LogP contribution in [0.4, 0.5) is 0 Å². The number of aliphatic hydroxyl groups is 1. The molecule has 1 heterocycles. The fraction of sp³-hybridized carbons (Fsp3) is 0.700. The molecule has 0 aromatic carbocycles. The lowest BCUT2D eigenvalue weighted by Gasteiger charge is -2.09. The average molecular weight is 180 g/mol. The summed E-state index contributed by atoms with van der Waals surface area (Å²) < 4.78 is 2.04. The summed E-state index contributed by atoms with van der Waals surface area (Å²) in [5.74, 6) is 1.78. The Kier molecular flexibility index (Phi) is 2.36. The molecule has 0 saturated heterocycles. The van der Waals surface area contributed by atoms with Gasteiger partial charge in [-0.05, 0) is 12.8 Å². The molecule has 1 aliphatic carbocycles.